The van der Waals surface area contributed by atoms with Crippen molar-refractivity contribution in [1.82, 2.24) is 10.2 Å². The average Bonchev–Trinajstić information content (AvgIpc) is 3.23. The van der Waals surface area contributed by atoms with Crippen LogP contribution >= 0.6 is 0 Å². The molecule has 1 aliphatic carbocycles. The van der Waals surface area contributed by atoms with Crippen molar-refractivity contribution in [3.8, 4) is 0 Å². The number of carbonyl (C=O) groups is 1. The number of rotatable bonds is 6. The first-order valence-corrected chi connectivity index (χ1v) is 7.48. The van der Waals surface area contributed by atoms with Gasteiger partial charge in [0.25, 0.3) is 0 Å². The molecule has 20 heavy (non-hydrogen) atoms. The standard InChI is InChI=1S/C14H26N2O4/c1-20-14(19)15-12-6-10(7-13(18)11-2-3-11)8-16(9-12)4-5-17/h10-13,17-18H,2-9H2,1H3,(H,15,19). The number of piperidine rings is 1. The van der Waals surface area contributed by atoms with Crippen molar-refractivity contribution in [3.05, 3.63) is 0 Å². The molecule has 0 aromatic rings. The van der Waals surface area contributed by atoms with Crippen LogP contribution in [0, 0.1) is 11.8 Å². The summed E-state index contributed by atoms with van der Waals surface area (Å²) < 4.78 is 4.65. The number of carbonyl (C=O) groups excluding carboxylic acids is 1. The van der Waals surface area contributed by atoms with Crippen LogP contribution in [0.25, 0.3) is 0 Å². The minimum atomic E-state index is -0.415. The third kappa shape index (κ3) is 4.61. The van der Waals surface area contributed by atoms with Gasteiger partial charge in [-0.25, -0.2) is 4.79 Å². The first-order chi connectivity index (χ1) is 9.62. The molecule has 0 radical (unpaired) electrons. The molecule has 0 bridgehead atoms. The fraction of sp³-hybridized carbons (Fsp3) is 0.929. The SMILES string of the molecule is COC(=O)NC1CC(CC(O)C2CC2)CN(CCO)C1. The Hall–Kier alpha value is -0.850. The Bertz CT molecular complexity index is 322. The Balaban J connectivity index is 1.87. The minimum absolute atomic E-state index is 0.0270. The van der Waals surface area contributed by atoms with Crippen molar-refractivity contribution in [1.29, 1.82) is 0 Å². The fourth-order valence-electron chi connectivity index (χ4n) is 3.14. The van der Waals surface area contributed by atoms with E-state index in [9.17, 15) is 9.90 Å². The number of methoxy groups -OCH3 is 1. The van der Waals surface area contributed by atoms with Gasteiger partial charge in [-0.15, -0.1) is 0 Å². The number of hydrogen-bond acceptors (Lipinski definition) is 5. The van der Waals surface area contributed by atoms with Gasteiger partial charge in [0.05, 0.1) is 19.8 Å². The Morgan fingerprint density at radius 2 is 2.20 bits per heavy atom. The van der Waals surface area contributed by atoms with Gasteiger partial charge in [-0.2, -0.15) is 0 Å². The average molecular weight is 286 g/mol. The lowest BCUT2D eigenvalue weighted by atomic mass is 9.88. The van der Waals surface area contributed by atoms with Gasteiger partial charge in [0.2, 0.25) is 0 Å². The highest BCUT2D eigenvalue weighted by atomic mass is 16.5. The van der Waals surface area contributed by atoms with Crippen LogP contribution in [-0.2, 0) is 4.74 Å². The third-order valence-corrected chi connectivity index (χ3v) is 4.28. The molecule has 3 unspecified atom stereocenters. The van der Waals surface area contributed by atoms with Crippen LogP contribution in [0.15, 0.2) is 0 Å². The molecule has 1 saturated heterocycles. The number of aliphatic hydroxyl groups excluding tert-OH is 2. The highest BCUT2D eigenvalue weighted by Crippen LogP contribution is 2.36. The Morgan fingerprint density at radius 1 is 1.45 bits per heavy atom. The van der Waals surface area contributed by atoms with E-state index in [1.54, 1.807) is 0 Å². The summed E-state index contributed by atoms with van der Waals surface area (Å²) in [7, 11) is 1.36. The quantitative estimate of drug-likeness (QED) is 0.649. The number of aliphatic hydroxyl groups is 2. The van der Waals surface area contributed by atoms with Crippen molar-refractivity contribution < 1.29 is 19.7 Å². The van der Waals surface area contributed by atoms with Crippen molar-refractivity contribution in [3.63, 3.8) is 0 Å². The van der Waals surface area contributed by atoms with Crippen molar-refractivity contribution >= 4 is 6.09 Å². The second-order valence-corrected chi connectivity index (χ2v) is 6.06. The number of hydrogen-bond donors (Lipinski definition) is 3. The van der Waals surface area contributed by atoms with Crippen LogP contribution in [0.1, 0.15) is 25.7 Å². The summed E-state index contributed by atoms with van der Waals surface area (Å²) in [6.45, 7) is 2.33. The van der Waals surface area contributed by atoms with Gasteiger partial charge < -0.3 is 20.3 Å². The molecule has 1 amide bonds. The highest BCUT2D eigenvalue weighted by molar-refractivity contribution is 5.67. The smallest absolute Gasteiger partial charge is 0.407 e. The molecule has 2 aliphatic rings. The van der Waals surface area contributed by atoms with Crippen molar-refractivity contribution in [2.45, 2.75) is 37.8 Å². The molecule has 3 N–H and O–H groups in total. The Labute approximate surface area is 120 Å². The summed E-state index contributed by atoms with van der Waals surface area (Å²) in [6, 6.07) is 0.0270. The highest BCUT2D eigenvalue weighted by Gasteiger charge is 2.34. The summed E-state index contributed by atoms with van der Waals surface area (Å²) in [5.41, 5.74) is 0. The summed E-state index contributed by atoms with van der Waals surface area (Å²) in [4.78, 5) is 13.5. The summed E-state index contributed by atoms with van der Waals surface area (Å²) in [6.07, 6.45) is 3.29. The molecular weight excluding hydrogens is 260 g/mol. The van der Waals surface area contributed by atoms with Crippen LogP contribution in [0.3, 0.4) is 0 Å². The molecule has 1 saturated carbocycles. The van der Waals surface area contributed by atoms with E-state index in [1.165, 1.54) is 7.11 Å². The van der Waals surface area contributed by atoms with Crippen molar-refractivity contribution in [2.24, 2.45) is 11.8 Å². The van der Waals surface area contributed by atoms with Gasteiger partial charge in [0.15, 0.2) is 0 Å². The van der Waals surface area contributed by atoms with Gasteiger partial charge in [-0.05, 0) is 37.5 Å². The van der Waals surface area contributed by atoms with E-state index in [2.05, 4.69) is 15.0 Å². The van der Waals surface area contributed by atoms with Crippen LogP contribution < -0.4 is 5.32 Å². The van der Waals surface area contributed by atoms with Crippen LogP contribution in [-0.4, -0.2) is 66.7 Å². The van der Waals surface area contributed by atoms with E-state index >= 15 is 0 Å². The zero-order chi connectivity index (χ0) is 14.5. The van der Waals surface area contributed by atoms with E-state index in [1.807, 2.05) is 0 Å². The van der Waals surface area contributed by atoms with E-state index in [-0.39, 0.29) is 18.8 Å². The lowest BCUT2D eigenvalue weighted by molar-refractivity contribution is 0.0663. The summed E-state index contributed by atoms with van der Waals surface area (Å²) in [5.74, 6) is 0.836. The normalized spacial score (nSPS) is 28.9. The predicted octanol–water partition coefficient (Wildman–Crippen LogP) is 0.186. The molecule has 0 aromatic carbocycles. The number of amides is 1. The second kappa shape index (κ2) is 7.24. The number of nitrogens with zero attached hydrogens (tertiary/aromatic N) is 1. The fourth-order valence-corrected chi connectivity index (χ4v) is 3.14. The van der Waals surface area contributed by atoms with E-state index < -0.39 is 6.09 Å². The second-order valence-electron chi connectivity index (χ2n) is 6.06. The molecule has 3 atom stereocenters. The summed E-state index contributed by atoms with van der Waals surface area (Å²) in [5, 5.41) is 22.0. The number of ether oxygens (including phenoxy) is 1. The van der Waals surface area contributed by atoms with Gasteiger partial charge in [-0.1, -0.05) is 0 Å². The number of β-amino-alcohol motifs (C(OH)–C–C–N with tert-alkyl or cyclic N) is 1. The van der Waals surface area contributed by atoms with E-state index in [0.717, 1.165) is 38.8 Å². The topological polar surface area (TPSA) is 82.0 Å². The minimum Gasteiger partial charge on any atom is -0.453 e. The molecule has 2 rings (SSSR count). The van der Waals surface area contributed by atoms with E-state index in [4.69, 9.17) is 5.11 Å². The first-order valence-electron chi connectivity index (χ1n) is 7.48. The lowest BCUT2D eigenvalue weighted by Crippen LogP contribution is -2.51. The van der Waals surface area contributed by atoms with Crippen LogP contribution in [0.4, 0.5) is 4.79 Å². The van der Waals surface area contributed by atoms with Gasteiger partial charge in [0.1, 0.15) is 0 Å². The van der Waals surface area contributed by atoms with Gasteiger partial charge in [-0.3, -0.25) is 4.90 Å². The number of nitrogens with one attached hydrogen (secondary N) is 1. The van der Waals surface area contributed by atoms with Gasteiger partial charge >= 0.3 is 6.09 Å². The molecular formula is C14H26N2O4. The Morgan fingerprint density at radius 3 is 2.80 bits per heavy atom. The van der Waals surface area contributed by atoms with Gasteiger partial charge in [0, 0.05) is 25.7 Å². The van der Waals surface area contributed by atoms with E-state index in [0.29, 0.717) is 18.4 Å². The largest absolute Gasteiger partial charge is 0.453 e. The maximum absolute atomic E-state index is 11.3. The maximum atomic E-state index is 11.3. The summed E-state index contributed by atoms with van der Waals surface area (Å²) >= 11 is 0. The van der Waals surface area contributed by atoms with Crippen molar-refractivity contribution in [2.75, 3.05) is 33.4 Å². The molecule has 1 aliphatic heterocycles. The first kappa shape index (κ1) is 15.5. The molecule has 6 heteroatoms. The molecule has 1 heterocycles. The molecule has 2 fully saturated rings. The zero-order valence-corrected chi connectivity index (χ0v) is 12.1. The number of likely N-dealkylation sites (tertiary alicyclic amines) is 1. The molecule has 6 nitrogen and oxygen atoms in total. The predicted molar refractivity (Wildman–Crippen MR) is 74.3 cm³/mol. The maximum Gasteiger partial charge on any atom is 0.407 e. The molecule has 0 spiro atoms. The lowest BCUT2D eigenvalue weighted by Gasteiger charge is -2.38. The van der Waals surface area contributed by atoms with Crippen LogP contribution in [0.2, 0.25) is 0 Å². The molecule has 116 valence electrons. The molecule has 0 aromatic heterocycles. The Kier molecular flexibility index (Phi) is 5.63. The third-order valence-electron chi connectivity index (χ3n) is 4.28. The zero-order valence-electron chi connectivity index (χ0n) is 12.1. The van der Waals surface area contributed by atoms with Crippen LogP contribution in [0.5, 0.6) is 0 Å². The monoisotopic (exact) mass is 286 g/mol. The number of alkyl carbamates (subject to hydrolysis) is 1.